The topological polar surface area (TPSA) is 26.3 Å². The van der Waals surface area contributed by atoms with Gasteiger partial charge in [-0.15, -0.1) is 0 Å². The number of esters is 1. The van der Waals surface area contributed by atoms with E-state index >= 15 is 0 Å². The molecule has 0 rings (SSSR count). The molecule has 100 valence electrons. The van der Waals surface area contributed by atoms with E-state index in [1.54, 1.807) is 0 Å². The molecule has 0 spiro atoms. The molecule has 17 heavy (non-hydrogen) atoms. The van der Waals surface area contributed by atoms with Gasteiger partial charge in [-0.05, 0) is 13.8 Å². The minimum Gasteiger partial charge on any atom is -0.456 e. The summed E-state index contributed by atoms with van der Waals surface area (Å²) < 4.78 is 78.6. The number of hydrogen-bond acceptors (Lipinski definition) is 2. The smallest absolute Gasteiger partial charge is 0.428 e. The lowest BCUT2D eigenvalue weighted by Crippen LogP contribution is -2.55. The number of alkyl halides is 6. The monoisotopic (exact) mass is 264 g/mol. The molecule has 0 amide bonds. The van der Waals surface area contributed by atoms with Crippen molar-refractivity contribution >= 4 is 5.97 Å². The van der Waals surface area contributed by atoms with Crippen molar-refractivity contribution in [1.82, 2.24) is 0 Å². The Kier molecular flexibility index (Phi) is 4.25. The second-order valence-corrected chi connectivity index (χ2v) is 3.56. The van der Waals surface area contributed by atoms with E-state index in [2.05, 4.69) is 11.3 Å². The molecular weight excluding hydrogens is 254 g/mol. The second-order valence-electron chi connectivity index (χ2n) is 3.56. The van der Waals surface area contributed by atoms with Crippen molar-refractivity contribution in [2.24, 2.45) is 0 Å². The van der Waals surface area contributed by atoms with Gasteiger partial charge in [0.15, 0.2) is 6.61 Å². The first-order chi connectivity index (χ1) is 7.33. The summed E-state index contributed by atoms with van der Waals surface area (Å²) in [6.07, 6.45) is -5.77. The van der Waals surface area contributed by atoms with Crippen LogP contribution in [0.15, 0.2) is 12.2 Å². The molecule has 0 radical (unpaired) electrons. The summed E-state index contributed by atoms with van der Waals surface area (Å²) in [5.41, 5.74) is -5.07. The molecule has 0 saturated heterocycles. The van der Waals surface area contributed by atoms with E-state index < -0.39 is 30.3 Å². The molecule has 0 aliphatic rings. The lowest BCUT2D eigenvalue weighted by Gasteiger charge is -2.31. The van der Waals surface area contributed by atoms with Crippen LogP contribution in [0.25, 0.3) is 0 Å². The van der Waals surface area contributed by atoms with Gasteiger partial charge in [-0.3, -0.25) is 0 Å². The Bertz CT molecular complexity index is 318. The van der Waals surface area contributed by atoms with Crippen LogP contribution in [0.3, 0.4) is 0 Å². The number of carbonyl (C=O) groups is 1. The molecule has 0 aromatic heterocycles. The average Bonchev–Trinajstić information content (AvgIpc) is 2.11. The zero-order chi connectivity index (χ0) is 14.1. The van der Waals surface area contributed by atoms with Gasteiger partial charge in [0.05, 0.1) is 0 Å². The summed E-state index contributed by atoms with van der Waals surface area (Å²) in [4.78, 5) is 10.7. The van der Waals surface area contributed by atoms with Gasteiger partial charge in [0, 0.05) is 5.57 Å². The van der Waals surface area contributed by atoms with Gasteiger partial charge in [0.25, 0.3) is 5.67 Å². The zero-order valence-electron chi connectivity index (χ0n) is 9.00. The highest BCUT2D eigenvalue weighted by Gasteiger charge is 2.68. The first-order valence-corrected chi connectivity index (χ1v) is 4.29. The maximum Gasteiger partial charge on any atom is 0.428 e. The Labute approximate surface area is 93.2 Å². The predicted molar refractivity (Wildman–Crippen MR) is 46.3 cm³/mol. The van der Waals surface area contributed by atoms with Crippen LogP contribution in [0, 0.1) is 0 Å². The molecule has 0 aliphatic carbocycles. The Hall–Kier alpha value is -1.21. The van der Waals surface area contributed by atoms with Crippen LogP contribution in [-0.4, -0.2) is 30.3 Å². The third-order valence-corrected chi connectivity index (χ3v) is 1.95. The van der Waals surface area contributed by atoms with Gasteiger partial charge in [0.1, 0.15) is 0 Å². The Morgan fingerprint density at radius 2 is 1.59 bits per heavy atom. The summed E-state index contributed by atoms with van der Waals surface area (Å²) in [6.45, 7) is 1.81. The predicted octanol–water partition coefficient (Wildman–Crippen LogP) is 3.03. The molecule has 0 aromatic rings. The molecule has 0 fully saturated rings. The van der Waals surface area contributed by atoms with E-state index in [4.69, 9.17) is 0 Å². The SMILES string of the molecule is C=C(C)C(=O)OCC(F)(F)C(C)(F)C(F)(F)F. The van der Waals surface area contributed by atoms with Crippen LogP contribution in [0.5, 0.6) is 0 Å². The molecule has 0 aromatic carbocycles. The highest BCUT2D eigenvalue weighted by molar-refractivity contribution is 5.86. The summed E-state index contributed by atoms with van der Waals surface area (Å²) in [7, 11) is 0. The summed E-state index contributed by atoms with van der Waals surface area (Å²) in [6, 6.07) is 0. The van der Waals surface area contributed by atoms with Crippen molar-refractivity contribution in [3.63, 3.8) is 0 Å². The van der Waals surface area contributed by atoms with Gasteiger partial charge in [-0.1, -0.05) is 6.58 Å². The van der Waals surface area contributed by atoms with E-state index in [-0.39, 0.29) is 12.5 Å². The van der Waals surface area contributed by atoms with Crippen LogP contribution < -0.4 is 0 Å². The zero-order valence-corrected chi connectivity index (χ0v) is 9.00. The van der Waals surface area contributed by atoms with Crippen molar-refractivity contribution in [1.29, 1.82) is 0 Å². The van der Waals surface area contributed by atoms with Crippen LogP contribution in [0.4, 0.5) is 26.3 Å². The van der Waals surface area contributed by atoms with Crippen molar-refractivity contribution < 1.29 is 35.9 Å². The van der Waals surface area contributed by atoms with Gasteiger partial charge in [0.2, 0.25) is 0 Å². The van der Waals surface area contributed by atoms with Crippen LogP contribution >= 0.6 is 0 Å². The molecule has 2 nitrogen and oxygen atoms in total. The van der Waals surface area contributed by atoms with E-state index in [0.29, 0.717) is 0 Å². The molecule has 1 atom stereocenters. The summed E-state index contributed by atoms with van der Waals surface area (Å²) >= 11 is 0. The van der Waals surface area contributed by atoms with Crippen LogP contribution in [-0.2, 0) is 9.53 Å². The maximum absolute atomic E-state index is 12.9. The minimum absolute atomic E-state index is 0.284. The summed E-state index contributed by atoms with van der Waals surface area (Å²) in [5, 5.41) is 0. The lowest BCUT2D eigenvalue weighted by atomic mass is 10.0. The third-order valence-electron chi connectivity index (χ3n) is 1.95. The number of rotatable bonds is 4. The van der Waals surface area contributed by atoms with Gasteiger partial charge in [-0.2, -0.15) is 22.0 Å². The Morgan fingerprint density at radius 3 is 1.88 bits per heavy atom. The van der Waals surface area contributed by atoms with Crippen molar-refractivity contribution in [2.45, 2.75) is 31.6 Å². The fraction of sp³-hybridized carbons (Fsp3) is 0.667. The first kappa shape index (κ1) is 15.8. The van der Waals surface area contributed by atoms with Crippen molar-refractivity contribution in [3.8, 4) is 0 Å². The molecule has 0 bridgehead atoms. The normalized spacial score (nSPS) is 16.2. The highest BCUT2D eigenvalue weighted by atomic mass is 19.4. The van der Waals surface area contributed by atoms with E-state index in [1.165, 1.54) is 0 Å². The molecule has 1 unspecified atom stereocenters. The number of halogens is 6. The van der Waals surface area contributed by atoms with Crippen LogP contribution in [0.1, 0.15) is 13.8 Å². The molecule has 0 heterocycles. The van der Waals surface area contributed by atoms with Gasteiger partial charge < -0.3 is 4.74 Å². The standard InChI is InChI=1S/C9H10F6O2/c1-5(2)6(16)17-4-8(11,12)7(3,10)9(13,14)15/h1,4H2,2-3H3. The average molecular weight is 264 g/mol. The molecule has 0 aliphatic heterocycles. The van der Waals surface area contributed by atoms with E-state index in [0.717, 1.165) is 6.92 Å². The maximum atomic E-state index is 12.9. The van der Waals surface area contributed by atoms with E-state index in [1.807, 2.05) is 0 Å². The van der Waals surface area contributed by atoms with Gasteiger partial charge in [-0.25, -0.2) is 9.18 Å². The summed E-state index contributed by atoms with van der Waals surface area (Å²) in [5.74, 6) is -6.20. The second kappa shape index (κ2) is 4.58. The van der Waals surface area contributed by atoms with Crippen molar-refractivity contribution in [3.05, 3.63) is 12.2 Å². The largest absolute Gasteiger partial charge is 0.456 e. The van der Waals surface area contributed by atoms with Gasteiger partial charge >= 0.3 is 18.1 Å². The Balaban J connectivity index is 4.80. The lowest BCUT2D eigenvalue weighted by molar-refractivity contribution is -0.302. The number of carbonyl (C=O) groups excluding carboxylic acids is 1. The minimum atomic E-state index is -5.77. The molecular formula is C9H10F6O2. The molecule has 0 N–H and O–H groups in total. The first-order valence-electron chi connectivity index (χ1n) is 4.29. The number of ether oxygens (including phenoxy) is 1. The molecule has 0 saturated carbocycles. The van der Waals surface area contributed by atoms with Crippen LogP contribution in [0.2, 0.25) is 0 Å². The fourth-order valence-electron chi connectivity index (χ4n) is 0.622. The third kappa shape index (κ3) is 3.37. The van der Waals surface area contributed by atoms with E-state index in [9.17, 15) is 31.1 Å². The quantitative estimate of drug-likeness (QED) is 0.443. The Morgan fingerprint density at radius 1 is 1.18 bits per heavy atom. The highest BCUT2D eigenvalue weighted by Crippen LogP contribution is 2.44. The van der Waals surface area contributed by atoms with Crippen molar-refractivity contribution in [2.75, 3.05) is 6.61 Å². The number of hydrogen-bond donors (Lipinski definition) is 0. The molecule has 8 heteroatoms. The fourth-order valence-corrected chi connectivity index (χ4v) is 0.622.